The van der Waals surface area contributed by atoms with Gasteiger partial charge in [-0.1, -0.05) is 18.2 Å². The molecule has 2 rings (SSSR count). The number of anilines is 1. The largest absolute Gasteiger partial charge is 0.497 e. The predicted molar refractivity (Wildman–Crippen MR) is 103 cm³/mol. The minimum atomic E-state index is -0.352. The van der Waals surface area contributed by atoms with Crippen LogP contribution in [0, 0.1) is 0 Å². The van der Waals surface area contributed by atoms with E-state index < -0.39 is 0 Å². The molecular formula is C20H23N3O4. The van der Waals surface area contributed by atoms with Gasteiger partial charge in [0.2, 0.25) is 11.8 Å². The number of hydrogen-bond donors (Lipinski definition) is 2. The summed E-state index contributed by atoms with van der Waals surface area (Å²) >= 11 is 0. The minimum absolute atomic E-state index is 0.0668. The van der Waals surface area contributed by atoms with Crippen molar-refractivity contribution in [1.82, 2.24) is 10.2 Å². The second kappa shape index (κ2) is 9.38. The molecule has 2 aromatic rings. The molecular weight excluding hydrogens is 346 g/mol. The second-order valence-electron chi connectivity index (χ2n) is 5.99. The molecule has 0 saturated carbocycles. The Morgan fingerprint density at radius 2 is 1.70 bits per heavy atom. The first-order valence-electron chi connectivity index (χ1n) is 8.42. The van der Waals surface area contributed by atoms with Gasteiger partial charge in [0.15, 0.2) is 0 Å². The van der Waals surface area contributed by atoms with E-state index in [0.29, 0.717) is 23.5 Å². The first-order chi connectivity index (χ1) is 12.9. The Morgan fingerprint density at radius 3 is 2.33 bits per heavy atom. The van der Waals surface area contributed by atoms with Crippen LogP contribution >= 0.6 is 0 Å². The Balaban J connectivity index is 1.93. The lowest BCUT2D eigenvalue weighted by atomic mass is 10.1. The number of methoxy groups -OCH3 is 1. The van der Waals surface area contributed by atoms with Gasteiger partial charge in [0, 0.05) is 31.8 Å². The maximum Gasteiger partial charge on any atom is 0.251 e. The van der Waals surface area contributed by atoms with Gasteiger partial charge in [-0.25, -0.2) is 0 Å². The average Bonchev–Trinajstić information content (AvgIpc) is 2.67. The van der Waals surface area contributed by atoms with E-state index in [2.05, 4.69) is 10.6 Å². The highest BCUT2D eigenvalue weighted by Gasteiger charge is 2.12. The molecule has 0 saturated heterocycles. The number of amides is 3. The summed E-state index contributed by atoms with van der Waals surface area (Å²) < 4.78 is 5.05. The molecule has 3 amide bonds. The van der Waals surface area contributed by atoms with Crippen molar-refractivity contribution in [2.24, 2.45) is 0 Å². The Kier molecular flexibility index (Phi) is 6.93. The molecule has 0 aliphatic carbocycles. The summed E-state index contributed by atoms with van der Waals surface area (Å²) in [6.45, 7) is 1.70. The van der Waals surface area contributed by atoms with Gasteiger partial charge in [0.25, 0.3) is 5.91 Å². The van der Waals surface area contributed by atoms with E-state index in [1.54, 1.807) is 55.5 Å². The maximum absolute atomic E-state index is 12.2. The summed E-state index contributed by atoms with van der Waals surface area (Å²) in [5, 5.41) is 5.35. The van der Waals surface area contributed by atoms with Gasteiger partial charge < -0.3 is 20.3 Å². The quantitative estimate of drug-likeness (QED) is 0.782. The van der Waals surface area contributed by atoms with Crippen LogP contribution < -0.4 is 15.4 Å². The third-order valence-electron chi connectivity index (χ3n) is 4.00. The van der Waals surface area contributed by atoms with Crippen LogP contribution in [0.2, 0.25) is 0 Å². The monoisotopic (exact) mass is 369 g/mol. The average molecular weight is 369 g/mol. The Morgan fingerprint density at radius 1 is 1.04 bits per heavy atom. The van der Waals surface area contributed by atoms with Gasteiger partial charge in [0.1, 0.15) is 5.75 Å². The lowest BCUT2D eigenvalue weighted by Gasteiger charge is -2.18. The zero-order valence-electron chi connectivity index (χ0n) is 15.6. The van der Waals surface area contributed by atoms with Crippen LogP contribution in [0.1, 0.15) is 22.8 Å². The molecule has 0 heterocycles. The minimum Gasteiger partial charge on any atom is -0.497 e. The van der Waals surface area contributed by atoms with E-state index in [0.717, 1.165) is 5.56 Å². The zero-order valence-corrected chi connectivity index (χ0v) is 15.6. The molecule has 0 spiro atoms. The van der Waals surface area contributed by atoms with Gasteiger partial charge in [-0.15, -0.1) is 0 Å². The highest BCUT2D eigenvalue weighted by molar-refractivity contribution is 5.99. The number of nitrogens with one attached hydrogen (secondary N) is 2. The van der Waals surface area contributed by atoms with Crippen molar-refractivity contribution in [1.29, 1.82) is 0 Å². The van der Waals surface area contributed by atoms with Crippen molar-refractivity contribution in [2.45, 2.75) is 13.5 Å². The fourth-order valence-corrected chi connectivity index (χ4v) is 2.35. The van der Waals surface area contributed by atoms with Crippen LogP contribution in [0.4, 0.5) is 5.69 Å². The van der Waals surface area contributed by atoms with Crippen LogP contribution in [0.25, 0.3) is 0 Å². The SMILES string of the molecule is COc1ccc(C(=O)NCC(=O)Nc2ccccc2CN(C)C(C)=O)cc1. The fourth-order valence-electron chi connectivity index (χ4n) is 2.35. The molecule has 0 unspecified atom stereocenters. The number of ether oxygens (including phenoxy) is 1. The van der Waals surface area contributed by atoms with E-state index in [1.807, 2.05) is 12.1 Å². The maximum atomic E-state index is 12.2. The third kappa shape index (κ3) is 5.85. The molecule has 0 aliphatic heterocycles. The topological polar surface area (TPSA) is 87.7 Å². The van der Waals surface area contributed by atoms with Crippen molar-refractivity contribution in [3.05, 3.63) is 59.7 Å². The van der Waals surface area contributed by atoms with Gasteiger partial charge >= 0.3 is 0 Å². The fraction of sp³-hybridized carbons (Fsp3) is 0.250. The van der Waals surface area contributed by atoms with Crippen molar-refractivity contribution in [3.8, 4) is 5.75 Å². The number of carbonyl (C=O) groups is 3. The number of benzene rings is 2. The second-order valence-corrected chi connectivity index (χ2v) is 5.99. The number of nitrogens with zero attached hydrogens (tertiary/aromatic N) is 1. The van der Waals surface area contributed by atoms with E-state index in [4.69, 9.17) is 4.74 Å². The van der Waals surface area contributed by atoms with Crippen LogP contribution in [-0.2, 0) is 16.1 Å². The van der Waals surface area contributed by atoms with Crippen LogP contribution in [0.15, 0.2) is 48.5 Å². The number of rotatable bonds is 7. The zero-order chi connectivity index (χ0) is 19.8. The normalized spacial score (nSPS) is 10.0. The van der Waals surface area contributed by atoms with Crippen molar-refractivity contribution >= 4 is 23.4 Å². The molecule has 2 N–H and O–H groups in total. The van der Waals surface area contributed by atoms with E-state index in [9.17, 15) is 14.4 Å². The summed E-state index contributed by atoms with van der Waals surface area (Å²) in [5.74, 6) is -0.119. The number of para-hydroxylation sites is 1. The van der Waals surface area contributed by atoms with Crippen LogP contribution in [0.5, 0.6) is 5.75 Å². The highest BCUT2D eigenvalue weighted by atomic mass is 16.5. The van der Waals surface area contributed by atoms with Crippen molar-refractivity contribution in [2.75, 3.05) is 26.0 Å². The lowest BCUT2D eigenvalue weighted by Crippen LogP contribution is -2.33. The molecule has 0 fully saturated rings. The standard InChI is InChI=1S/C20H23N3O4/c1-14(24)23(2)13-16-6-4-5-7-18(16)22-19(25)12-21-20(26)15-8-10-17(27-3)11-9-15/h4-11H,12-13H2,1-3H3,(H,21,26)(H,22,25). The lowest BCUT2D eigenvalue weighted by molar-refractivity contribution is -0.128. The third-order valence-corrected chi connectivity index (χ3v) is 4.00. The highest BCUT2D eigenvalue weighted by Crippen LogP contribution is 2.17. The Hall–Kier alpha value is -3.35. The summed E-state index contributed by atoms with van der Waals surface area (Å²) in [6, 6.07) is 13.8. The Bertz CT molecular complexity index is 818. The van der Waals surface area contributed by atoms with E-state index in [-0.39, 0.29) is 24.3 Å². The Labute approximate surface area is 158 Å². The number of carbonyl (C=O) groups excluding carboxylic acids is 3. The molecule has 0 atom stereocenters. The van der Waals surface area contributed by atoms with Crippen molar-refractivity contribution in [3.63, 3.8) is 0 Å². The van der Waals surface area contributed by atoms with Crippen molar-refractivity contribution < 1.29 is 19.1 Å². The summed E-state index contributed by atoms with van der Waals surface area (Å²) in [6.07, 6.45) is 0. The van der Waals surface area contributed by atoms with Crippen LogP contribution in [0.3, 0.4) is 0 Å². The first kappa shape index (κ1) is 20.0. The molecule has 0 radical (unpaired) electrons. The molecule has 7 heteroatoms. The molecule has 0 aliphatic rings. The summed E-state index contributed by atoms with van der Waals surface area (Å²) in [4.78, 5) is 37.3. The van der Waals surface area contributed by atoms with Crippen LogP contribution in [-0.4, -0.2) is 43.3 Å². The molecule has 0 bridgehead atoms. The van der Waals surface area contributed by atoms with Gasteiger partial charge in [-0.05, 0) is 35.9 Å². The first-order valence-corrected chi connectivity index (χ1v) is 8.42. The smallest absolute Gasteiger partial charge is 0.251 e. The predicted octanol–water partition coefficient (Wildman–Crippen LogP) is 2.04. The molecule has 27 heavy (non-hydrogen) atoms. The molecule has 0 aromatic heterocycles. The van der Waals surface area contributed by atoms with E-state index >= 15 is 0 Å². The van der Waals surface area contributed by atoms with E-state index in [1.165, 1.54) is 6.92 Å². The van der Waals surface area contributed by atoms with Gasteiger partial charge in [-0.3, -0.25) is 14.4 Å². The van der Waals surface area contributed by atoms with Gasteiger partial charge in [0.05, 0.1) is 13.7 Å². The summed E-state index contributed by atoms with van der Waals surface area (Å²) in [7, 11) is 3.24. The molecule has 7 nitrogen and oxygen atoms in total. The molecule has 142 valence electrons. The number of hydrogen-bond acceptors (Lipinski definition) is 4. The molecule has 2 aromatic carbocycles. The summed E-state index contributed by atoms with van der Waals surface area (Å²) in [5.41, 5.74) is 1.85. The van der Waals surface area contributed by atoms with Gasteiger partial charge in [-0.2, -0.15) is 0 Å².